The van der Waals surface area contributed by atoms with Crippen LogP contribution in [-0.2, 0) is 11.3 Å². The van der Waals surface area contributed by atoms with Crippen molar-refractivity contribution in [3.05, 3.63) is 70.5 Å². The first-order valence-electron chi connectivity index (χ1n) is 10.8. The quantitative estimate of drug-likeness (QED) is 0.660. The number of primary amides is 1. The third kappa shape index (κ3) is 6.43. The molecule has 3 amide bonds. The van der Waals surface area contributed by atoms with E-state index >= 15 is 0 Å². The fourth-order valence-corrected chi connectivity index (χ4v) is 4.31. The van der Waals surface area contributed by atoms with E-state index in [1.807, 2.05) is 24.0 Å². The molecule has 2 aromatic rings. The lowest BCUT2D eigenvalue weighted by atomic mass is 9.94. The van der Waals surface area contributed by atoms with Crippen LogP contribution in [0, 0.1) is 5.82 Å². The molecule has 3 rings (SSSR count). The van der Waals surface area contributed by atoms with Crippen LogP contribution < -0.4 is 11.1 Å². The minimum absolute atomic E-state index is 0.0362. The number of rotatable bonds is 7. The van der Waals surface area contributed by atoms with Gasteiger partial charge in [-0.05, 0) is 49.2 Å². The van der Waals surface area contributed by atoms with Crippen molar-refractivity contribution in [1.29, 1.82) is 0 Å². The van der Waals surface area contributed by atoms with E-state index in [0.717, 1.165) is 17.7 Å². The predicted octanol–water partition coefficient (Wildman–Crippen LogP) is 3.74. The summed E-state index contributed by atoms with van der Waals surface area (Å²) in [6, 6.07) is 13.4. The Morgan fingerprint density at radius 1 is 1.09 bits per heavy atom. The van der Waals surface area contributed by atoms with Crippen molar-refractivity contribution in [3.8, 4) is 0 Å². The van der Waals surface area contributed by atoms with Gasteiger partial charge in [-0.1, -0.05) is 35.9 Å². The predicted molar refractivity (Wildman–Crippen MR) is 124 cm³/mol. The minimum Gasteiger partial charge on any atom is -0.352 e. The number of urea groups is 1. The lowest BCUT2D eigenvalue weighted by molar-refractivity contribution is -0.137. The average molecular weight is 461 g/mol. The minimum atomic E-state index is -0.618. The van der Waals surface area contributed by atoms with E-state index in [2.05, 4.69) is 17.1 Å². The number of nitrogens with two attached hydrogens (primary N) is 1. The van der Waals surface area contributed by atoms with Crippen LogP contribution in [0.1, 0.15) is 37.3 Å². The summed E-state index contributed by atoms with van der Waals surface area (Å²) >= 11 is 6.00. The lowest BCUT2D eigenvalue weighted by Gasteiger charge is -2.44. The van der Waals surface area contributed by atoms with Crippen LogP contribution in [0.15, 0.2) is 48.5 Å². The molecule has 0 aliphatic carbocycles. The van der Waals surface area contributed by atoms with Gasteiger partial charge in [-0.2, -0.15) is 0 Å². The molecule has 3 atom stereocenters. The summed E-state index contributed by atoms with van der Waals surface area (Å²) in [4.78, 5) is 28.7. The third-order valence-electron chi connectivity index (χ3n) is 6.02. The van der Waals surface area contributed by atoms with Crippen LogP contribution in [0.25, 0.3) is 0 Å². The second-order valence-electron chi connectivity index (χ2n) is 8.50. The Morgan fingerprint density at radius 3 is 2.38 bits per heavy atom. The number of carbonyl (C=O) groups excluding carboxylic acids is 2. The van der Waals surface area contributed by atoms with E-state index < -0.39 is 6.03 Å². The van der Waals surface area contributed by atoms with Gasteiger partial charge in [-0.25, -0.2) is 9.18 Å². The Bertz CT molecular complexity index is 923. The van der Waals surface area contributed by atoms with Crippen LogP contribution in [-0.4, -0.2) is 53.5 Å². The molecule has 1 aliphatic rings. The van der Waals surface area contributed by atoms with Crippen molar-refractivity contribution < 1.29 is 14.0 Å². The zero-order valence-corrected chi connectivity index (χ0v) is 19.2. The van der Waals surface area contributed by atoms with Gasteiger partial charge in [0.15, 0.2) is 0 Å². The van der Waals surface area contributed by atoms with E-state index in [-0.39, 0.29) is 42.7 Å². The number of amides is 3. The molecule has 0 bridgehead atoms. The van der Waals surface area contributed by atoms with E-state index in [0.29, 0.717) is 18.1 Å². The number of halogens is 2. The maximum Gasteiger partial charge on any atom is 0.312 e. The molecule has 1 saturated heterocycles. The Labute approximate surface area is 193 Å². The molecule has 2 aromatic carbocycles. The first-order valence-corrected chi connectivity index (χ1v) is 11.2. The van der Waals surface area contributed by atoms with Crippen LogP contribution >= 0.6 is 11.6 Å². The highest BCUT2D eigenvalue weighted by atomic mass is 35.5. The molecular weight excluding hydrogens is 431 g/mol. The van der Waals surface area contributed by atoms with Crippen molar-refractivity contribution in [2.75, 3.05) is 19.6 Å². The molecule has 0 aromatic heterocycles. The Kier molecular flexibility index (Phi) is 8.10. The SMILES string of the molecule is C[C@@H]1CN(C(=O)CC(CNC(N)=O)c2ccc(Cl)cc2)[C@@H](C)CN1Cc1ccc(F)cc1. The number of hydrogen-bond acceptors (Lipinski definition) is 3. The zero-order chi connectivity index (χ0) is 23.3. The molecule has 1 unspecified atom stereocenters. The number of benzene rings is 2. The molecular formula is C24H30ClFN4O2. The zero-order valence-electron chi connectivity index (χ0n) is 18.4. The monoisotopic (exact) mass is 460 g/mol. The first kappa shape index (κ1) is 24.0. The second-order valence-corrected chi connectivity index (χ2v) is 8.93. The van der Waals surface area contributed by atoms with E-state index in [1.54, 1.807) is 24.3 Å². The summed E-state index contributed by atoms with van der Waals surface area (Å²) in [6.45, 7) is 6.47. The van der Waals surface area contributed by atoms with Crippen LogP contribution in [0.2, 0.25) is 5.02 Å². The number of nitrogens with one attached hydrogen (secondary N) is 1. The smallest absolute Gasteiger partial charge is 0.312 e. The molecule has 1 aliphatic heterocycles. The van der Waals surface area contributed by atoms with Gasteiger partial charge < -0.3 is 16.0 Å². The summed E-state index contributed by atoms with van der Waals surface area (Å²) in [5, 5.41) is 3.24. The third-order valence-corrected chi connectivity index (χ3v) is 6.27. The fourth-order valence-electron chi connectivity index (χ4n) is 4.18. The van der Waals surface area contributed by atoms with Gasteiger partial charge in [0.1, 0.15) is 5.82 Å². The van der Waals surface area contributed by atoms with Gasteiger partial charge in [-0.3, -0.25) is 9.69 Å². The molecule has 172 valence electrons. The van der Waals surface area contributed by atoms with Gasteiger partial charge in [-0.15, -0.1) is 0 Å². The highest BCUT2D eigenvalue weighted by Crippen LogP contribution is 2.25. The fraction of sp³-hybridized carbons (Fsp3) is 0.417. The van der Waals surface area contributed by atoms with Gasteiger partial charge >= 0.3 is 6.03 Å². The van der Waals surface area contributed by atoms with E-state index in [1.165, 1.54) is 12.1 Å². The van der Waals surface area contributed by atoms with Gasteiger partial charge in [0, 0.05) is 55.6 Å². The van der Waals surface area contributed by atoms with Crippen LogP contribution in [0.5, 0.6) is 0 Å². The van der Waals surface area contributed by atoms with Gasteiger partial charge in [0.2, 0.25) is 5.91 Å². The number of nitrogens with zero attached hydrogens (tertiary/aromatic N) is 2. The van der Waals surface area contributed by atoms with Crippen molar-refractivity contribution >= 4 is 23.5 Å². The van der Waals surface area contributed by atoms with Crippen molar-refractivity contribution in [3.63, 3.8) is 0 Å². The highest BCUT2D eigenvalue weighted by Gasteiger charge is 2.33. The molecule has 3 N–H and O–H groups in total. The van der Waals surface area contributed by atoms with Gasteiger partial charge in [0.25, 0.3) is 0 Å². The molecule has 0 spiro atoms. The number of piperazine rings is 1. The normalized spacial score (nSPS) is 20.1. The van der Waals surface area contributed by atoms with Crippen molar-refractivity contribution in [2.24, 2.45) is 5.73 Å². The van der Waals surface area contributed by atoms with E-state index in [4.69, 9.17) is 17.3 Å². The Balaban J connectivity index is 1.65. The first-order chi connectivity index (χ1) is 15.2. The van der Waals surface area contributed by atoms with Crippen molar-refractivity contribution in [1.82, 2.24) is 15.1 Å². The molecule has 0 saturated carbocycles. The summed E-state index contributed by atoms with van der Waals surface area (Å²) in [6.07, 6.45) is 0.261. The topological polar surface area (TPSA) is 78.7 Å². The second kappa shape index (κ2) is 10.8. The van der Waals surface area contributed by atoms with Crippen LogP contribution in [0.4, 0.5) is 9.18 Å². The maximum absolute atomic E-state index is 13.2. The summed E-state index contributed by atoms with van der Waals surface area (Å²) < 4.78 is 13.2. The molecule has 1 heterocycles. The highest BCUT2D eigenvalue weighted by molar-refractivity contribution is 6.30. The van der Waals surface area contributed by atoms with Crippen LogP contribution in [0.3, 0.4) is 0 Å². The largest absolute Gasteiger partial charge is 0.352 e. The molecule has 1 fully saturated rings. The summed E-state index contributed by atoms with van der Waals surface area (Å²) in [7, 11) is 0. The standard InChI is InChI=1S/C24H30ClFN4O2/c1-16-14-30(17(2)13-29(16)15-18-3-9-22(26)10-4-18)23(31)11-20(12-28-24(27)32)19-5-7-21(25)8-6-19/h3-10,16-17,20H,11-15H2,1-2H3,(H3,27,28,32)/t16-,17+,20?/m1/s1. The maximum atomic E-state index is 13.2. The lowest BCUT2D eigenvalue weighted by Crippen LogP contribution is -2.57. The molecule has 8 heteroatoms. The van der Waals surface area contributed by atoms with E-state index in [9.17, 15) is 14.0 Å². The molecule has 6 nitrogen and oxygen atoms in total. The van der Waals surface area contributed by atoms with Gasteiger partial charge in [0.05, 0.1) is 0 Å². The summed E-state index contributed by atoms with van der Waals surface area (Å²) in [5.74, 6) is -0.407. The Hall–Kier alpha value is -2.64. The summed E-state index contributed by atoms with van der Waals surface area (Å²) in [5.41, 5.74) is 7.22. The average Bonchev–Trinajstić information content (AvgIpc) is 2.75. The number of hydrogen-bond donors (Lipinski definition) is 2. The number of carbonyl (C=O) groups is 2. The molecule has 32 heavy (non-hydrogen) atoms. The van der Waals surface area contributed by atoms with Crippen molar-refractivity contribution in [2.45, 2.75) is 44.8 Å². The Morgan fingerprint density at radius 2 is 1.75 bits per heavy atom. The molecule has 0 radical (unpaired) electrons.